The third-order valence-corrected chi connectivity index (χ3v) is 2.80. The highest BCUT2D eigenvalue weighted by atomic mass is 32.1. The van der Waals surface area contributed by atoms with E-state index in [1.807, 2.05) is 0 Å². The highest BCUT2D eigenvalue weighted by molar-refractivity contribution is 7.13. The number of hydrogen-bond donors (Lipinski definition) is 2. The van der Waals surface area contributed by atoms with Crippen molar-refractivity contribution in [3.05, 3.63) is 11.1 Å². The molecule has 0 fully saturated rings. The molecule has 0 aliphatic heterocycles. The monoisotopic (exact) mass is 188 g/mol. The largest absolute Gasteiger partial charge is 0.473 e. The van der Waals surface area contributed by atoms with Gasteiger partial charge in [-0.2, -0.15) is 0 Å². The minimum Gasteiger partial charge on any atom is -0.473 e. The fourth-order valence-electron chi connectivity index (χ4n) is 0.702. The fourth-order valence-corrected chi connectivity index (χ4v) is 1.49. The van der Waals surface area contributed by atoms with Crippen LogP contribution in [0.1, 0.15) is 11.8 Å². The lowest BCUT2D eigenvalue weighted by Gasteiger charge is -2.17. The molecule has 1 aromatic rings. The predicted octanol–water partition coefficient (Wildman–Crippen LogP) is 0.318. The Balaban J connectivity index is 2.88. The zero-order valence-electron chi connectivity index (χ0n) is 7.07. The molecule has 3 N–H and O–H groups in total. The Bertz CT molecular complexity index is 260. The van der Waals surface area contributed by atoms with Crippen molar-refractivity contribution < 1.29 is 9.84 Å². The molecular weight excluding hydrogens is 176 g/mol. The molecule has 0 amide bonds. The zero-order chi connectivity index (χ0) is 9.19. The van der Waals surface area contributed by atoms with Gasteiger partial charge in [-0.25, -0.2) is 4.98 Å². The van der Waals surface area contributed by atoms with Gasteiger partial charge in [0.05, 0.1) is 12.0 Å². The van der Waals surface area contributed by atoms with E-state index in [2.05, 4.69) is 4.98 Å². The van der Waals surface area contributed by atoms with Crippen LogP contribution in [0.25, 0.3) is 0 Å². The van der Waals surface area contributed by atoms with Crippen LogP contribution in [0.15, 0.2) is 6.20 Å². The number of ether oxygens (including phenoxy) is 1. The molecule has 5 heteroatoms. The van der Waals surface area contributed by atoms with Crippen molar-refractivity contribution in [2.45, 2.75) is 12.5 Å². The van der Waals surface area contributed by atoms with Crippen molar-refractivity contribution in [2.24, 2.45) is 5.73 Å². The van der Waals surface area contributed by atoms with Gasteiger partial charge in [-0.15, -0.1) is 0 Å². The lowest BCUT2D eigenvalue weighted by Crippen LogP contribution is -2.30. The second-order valence-corrected chi connectivity index (χ2v) is 3.67. The number of nitrogens with two attached hydrogens (primary N) is 1. The second kappa shape index (κ2) is 3.38. The van der Waals surface area contributed by atoms with Gasteiger partial charge in [0.2, 0.25) is 0 Å². The maximum Gasteiger partial charge on any atom is 0.273 e. The van der Waals surface area contributed by atoms with Gasteiger partial charge in [0.25, 0.3) is 5.19 Å². The van der Waals surface area contributed by atoms with Crippen LogP contribution in [0, 0.1) is 0 Å². The van der Waals surface area contributed by atoms with Crippen molar-refractivity contribution in [2.75, 3.05) is 13.7 Å². The Morgan fingerprint density at radius 1 is 1.83 bits per heavy atom. The second-order valence-electron chi connectivity index (χ2n) is 2.67. The number of nitrogens with zero attached hydrogens (tertiary/aromatic N) is 1. The topological polar surface area (TPSA) is 68.4 Å². The third kappa shape index (κ3) is 1.74. The van der Waals surface area contributed by atoms with E-state index in [0.29, 0.717) is 5.19 Å². The van der Waals surface area contributed by atoms with Gasteiger partial charge in [-0.05, 0) is 6.92 Å². The van der Waals surface area contributed by atoms with Gasteiger partial charge in [-0.1, -0.05) is 11.3 Å². The normalized spacial score (nSPS) is 15.7. The number of aliphatic hydroxyl groups is 1. The SMILES string of the molecule is COc1ncc(C(C)(O)CN)s1. The maximum atomic E-state index is 9.69. The van der Waals surface area contributed by atoms with E-state index >= 15 is 0 Å². The van der Waals surface area contributed by atoms with E-state index in [0.717, 1.165) is 4.88 Å². The summed E-state index contributed by atoms with van der Waals surface area (Å²) in [5, 5.41) is 10.2. The van der Waals surface area contributed by atoms with Gasteiger partial charge in [0, 0.05) is 12.7 Å². The lowest BCUT2D eigenvalue weighted by atomic mass is 10.1. The number of methoxy groups -OCH3 is 1. The van der Waals surface area contributed by atoms with E-state index in [-0.39, 0.29) is 6.54 Å². The number of rotatable bonds is 3. The molecule has 0 aromatic carbocycles. The van der Waals surface area contributed by atoms with Crippen LogP contribution >= 0.6 is 11.3 Å². The van der Waals surface area contributed by atoms with E-state index in [9.17, 15) is 5.11 Å². The fraction of sp³-hybridized carbons (Fsp3) is 0.571. The third-order valence-electron chi connectivity index (χ3n) is 1.59. The first-order valence-corrected chi connectivity index (χ1v) is 4.34. The Morgan fingerprint density at radius 2 is 2.50 bits per heavy atom. The lowest BCUT2D eigenvalue weighted by molar-refractivity contribution is 0.0705. The van der Waals surface area contributed by atoms with Gasteiger partial charge in [0.1, 0.15) is 5.60 Å². The summed E-state index contributed by atoms with van der Waals surface area (Å²) in [7, 11) is 1.54. The molecule has 1 unspecified atom stereocenters. The van der Waals surface area contributed by atoms with Crippen molar-refractivity contribution in [1.82, 2.24) is 4.98 Å². The van der Waals surface area contributed by atoms with Crippen LogP contribution in [0.3, 0.4) is 0 Å². The van der Waals surface area contributed by atoms with Crippen LogP contribution in [-0.4, -0.2) is 23.7 Å². The minimum atomic E-state index is -0.992. The van der Waals surface area contributed by atoms with Crippen LogP contribution in [0.4, 0.5) is 0 Å². The van der Waals surface area contributed by atoms with Crippen LogP contribution < -0.4 is 10.5 Å². The Labute approximate surface area is 75.0 Å². The molecule has 0 aliphatic carbocycles. The molecule has 0 spiro atoms. The molecule has 68 valence electrons. The molecule has 1 heterocycles. The highest BCUT2D eigenvalue weighted by Crippen LogP contribution is 2.28. The molecule has 0 saturated heterocycles. The summed E-state index contributed by atoms with van der Waals surface area (Å²) in [4.78, 5) is 4.65. The molecule has 0 bridgehead atoms. The smallest absolute Gasteiger partial charge is 0.273 e. The van der Waals surface area contributed by atoms with Crippen molar-refractivity contribution in [1.29, 1.82) is 0 Å². The summed E-state index contributed by atoms with van der Waals surface area (Å²) >= 11 is 1.30. The van der Waals surface area contributed by atoms with Gasteiger partial charge >= 0.3 is 0 Å². The molecule has 1 atom stereocenters. The Hall–Kier alpha value is -0.650. The quantitative estimate of drug-likeness (QED) is 0.716. The first-order chi connectivity index (χ1) is 5.60. The van der Waals surface area contributed by atoms with Gasteiger partial charge in [-0.3, -0.25) is 0 Å². The molecule has 0 saturated carbocycles. The van der Waals surface area contributed by atoms with E-state index in [1.54, 1.807) is 20.2 Å². The molecule has 1 aromatic heterocycles. The summed E-state index contributed by atoms with van der Waals surface area (Å²) in [5.41, 5.74) is 4.39. The van der Waals surface area contributed by atoms with Crippen LogP contribution in [0.5, 0.6) is 5.19 Å². The molecule has 0 radical (unpaired) electrons. The standard InChI is InChI=1S/C7H12N2O2S/c1-7(10,4-8)5-3-9-6(11-2)12-5/h3,10H,4,8H2,1-2H3. The zero-order valence-corrected chi connectivity index (χ0v) is 7.89. The van der Waals surface area contributed by atoms with Crippen LogP contribution in [0.2, 0.25) is 0 Å². The van der Waals surface area contributed by atoms with Gasteiger partial charge < -0.3 is 15.6 Å². The average molecular weight is 188 g/mol. The summed E-state index contributed by atoms with van der Waals surface area (Å²) in [6.07, 6.45) is 1.58. The summed E-state index contributed by atoms with van der Waals surface area (Å²) < 4.78 is 4.89. The number of aromatic nitrogens is 1. The van der Waals surface area contributed by atoms with E-state index in [1.165, 1.54) is 11.3 Å². The van der Waals surface area contributed by atoms with E-state index in [4.69, 9.17) is 10.5 Å². The average Bonchev–Trinajstić information content (AvgIpc) is 2.52. The van der Waals surface area contributed by atoms with Gasteiger partial charge in [0.15, 0.2) is 0 Å². The number of thiazole rings is 1. The maximum absolute atomic E-state index is 9.69. The van der Waals surface area contributed by atoms with E-state index < -0.39 is 5.60 Å². The first-order valence-electron chi connectivity index (χ1n) is 3.53. The minimum absolute atomic E-state index is 0.179. The van der Waals surface area contributed by atoms with Crippen LogP contribution in [-0.2, 0) is 5.60 Å². The van der Waals surface area contributed by atoms with Crippen molar-refractivity contribution in [3.63, 3.8) is 0 Å². The highest BCUT2D eigenvalue weighted by Gasteiger charge is 2.23. The summed E-state index contributed by atoms with van der Waals surface area (Å²) in [6.45, 7) is 1.83. The van der Waals surface area contributed by atoms with Crippen molar-refractivity contribution in [3.8, 4) is 5.19 Å². The molecule has 1 rings (SSSR count). The number of hydrogen-bond acceptors (Lipinski definition) is 5. The summed E-state index contributed by atoms with van der Waals surface area (Å²) in [6, 6.07) is 0. The molecule has 0 aliphatic rings. The first kappa shape index (κ1) is 9.44. The molecular formula is C7H12N2O2S. The Kier molecular flexibility index (Phi) is 2.66. The predicted molar refractivity (Wildman–Crippen MR) is 47.3 cm³/mol. The van der Waals surface area contributed by atoms with Crippen molar-refractivity contribution >= 4 is 11.3 Å². The Morgan fingerprint density at radius 3 is 2.92 bits per heavy atom. The molecule has 12 heavy (non-hydrogen) atoms. The molecule has 4 nitrogen and oxygen atoms in total. The summed E-state index contributed by atoms with van der Waals surface area (Å²) in [5.74, 6) is 0.